The molecule has 0 saturated carbocycles. The number of carbonyl (C=O) groups is 5. The van der Waals surface area contributed by atoms with Gasteiger partial charge in [-0.3, -0.25) is 19.2 Å². The SMILES string of the molecule is CC(C)(C)CC(C)(C)c1ccc(Oc2cc3c4c(cc(Oc5ccc(C(C)(C)CC(C)(C)C)cc5)c5c6c(Oc7ccc(C(C)(C)CC(C)(C)C)cc7)cc7c8c(cc(Oc9ccc(C(C)(C)CC(C)(C)C)cc9)c(c2c45)c86)C(=O)N(c2ccc(C(=O)O)cc2)C7=O)C(=O)N(c2ccc(Br)cc2)C3=O)cc1. The molecule has 0 bridgehead atoms. The van der Waals surface area contributed by atoms with Crippen LogP contribution in [-0.2, 0) is 21.7 Å². The number of fused-ring (bicyclic) bond motifs is 2. The number of amides is 4. The summed E-state index contributed by atoms with van der Waals surface area (Å²) in [6.07, 6.45) is 3.55. The Balaban J connectivity index is 1.20. The average Bonchev–Trinajstić information content (AvgIpc) is 0.668. The fourth-order valence-corrected chi connectivity index (χ4v) is 18.0. The highest BCUT2D eigenvalue weighted by Crippen LogP contribution is 2.59. The lowest BCUT2D eigenvalue weighted by Crippen LogP contribution is -2.40. The lowest BCUT2D eigenvalue weighted by atomic mass is 9.72. The molecule has 11 aromatic carbocycles. The molecule has 0 aliphatic carbocycles. The molecule has 0 unspecified atom stereocenters. The second-order valence-corrected chi connectivity index (χ2v) is 37.8. The largest absolute Gasteiger partial charge is 0.478 e. The fourth-order valence-electron chi connectivity index (χ4n) is 17.8. The third-order valence-corrected chi connectivity index (χ3v) is 21.2. The Bertz CT molecular complexity index is 5070. The van der Waals surface area contributed by atoms with Crippen molar-refractivity contribution in [2.75, 3.05) is 9.80 Å². The van der Waals surface area contributed by atoms with Crippen molar-refractivity contribution in [2.24, 2.45) is 21.7 Å². The maximum absolute atomic E-state index is 16.2. The number of imide groups is 2. The van der Waals surface area contributed by atoms with Crippen LogP contribution in [0, 0.1) is 21.7 Å². The molecule has 0 spiro atoms. The first-order valence-electron chi connectivity index (χ1n) is 36.7. The predicted octanol–water partition coefficient (Wildman–Crippen LogP) is 25.8. The average molecular weight is 1480 g/mol. The number of halogens is 1. The highest BCUT2D eigenvalue weighted by molar-refractivity contribution is 9.10. The van der Waals surface area contributed by atoms with E-state index >= 15 is 19.2 Å². The quantitative estimate of drug-likeness (QED) is 0.0471. The van der Waals surface area contributed by atoms with E-state index in [2.05, 4.69) is 203 Å². The van der Waals surface area contributed by atoms with Gasteiger partial charge in [-0.05, 0) is 213 Å². The van der Waals surface area contributed by atoms with E-state index in [1.165, 1.54) is 29.2 Å². The molecular weight excluding hydrogens is 1380 g/mol. The first kappa shape index (κ1) is 74.4. The molecule has 106 heavy (non-hydrogen) atoms. The third-order valence-electron chi connectivity index (χ3n) is 20.7. The van der Waals surface area contributed by atoms with Crippen LogP contribution in [-0.4, -0.2) is 34.7 Å². The second kappa shape index (κ2) is 26.3. The van der Waals surface area contributed by atoms with Gasteiger partial charge < -0.3 is 24.1 Å². The normalized spacial score (nSPS) is 14.2. The molecule has 0 aromatic heterocycles. The van der Waals surface area contributed by atoms with Gasteiger partial charge in [0.25, 0.3) is 23.6 Å². The Morgan fingerprint density at radius 1 is 0.311 bits per heavy atom. The van der Waals surface area contributed by atoms with Crippen molar-refractivity contribution in [3.63, 3.8) is 0 Å². The Morgan fingerprint density at radius 2 is 0.528 bits per heavy atom. The van der Waals surface area contributed by atoms with E-state index in [-0.39, 0.29) is 105 Å². The van der Waals surface area contributed by atoms with Gasteiger partial charge in [-0.2, -0.15) is 0 Å². The van der Waals surface area contributed by atoms with E-state index < -0.39 is 29.6 Å². The second-order valence-electron chi connectivity index (χ2n) is 36.9. The molecule has 11 aromatic rings. The van der Waals surface area contributed by atoms with Crippen molar-refractivity contribution in [3.8, 4) is 46.0 Å². The molecule has 1 N–H and O–H groups in total. The number of hydrogen-bond acceptors (Lipinski definition) is 9. The van der Waals surface area contributed by atoms with Gasteiger partial charge in [-0.15, -0.1) is 0 Å². The molecule has 0 atom stereocenters. The topological polar surface area (TPSA) is 149 Å². The van der Waals surface area contributed by atoms with E-state index in [9.17, 15) is 9.90 Å². The zero-order chi connectivity index (χ0) is 76.7. The van der Waals surface area contributed by atoms with Crippen molar-refractivity contribution in [3.05, 3.63) is 224 Å². The van der Waals surface area contributed by atoms with Crippen LogP contribution in [0.1, 0.15) is 238 Å². The molecule has 2 aliphatic heterocycles. The minimum Gasteiger partial charge on any atom is -0.478 e. The maximum Gasteiger partial charge on any atom is 0.335 e. The van der Waals surface area contributed by atoms with Crippen molar-refractivity contribution in [1.29, 1.82) is 0 Å². The Morgan fingerprint density at radius 3 is 0.736 bits per heavy atom. The Labute approximate surface area is 631 Å². The minimum atomic E-state index is -1.18. The lowest BCUT2D eigenvalue weighted by Gasteiger charge is -2.33. The van der Waals surface area contributed by atoms with Crippen molar-refractivity contribution >= 4 is 100.0 Å². The van der Waals surface area contributed by atoms with Crippen LogP contribution < -0.4 is 28.7 Å². The number of carboxylic acid groups (broad SMARTS) is 1. The molecule has 546 valence electrons. The summed E-state index contributed by atoms with van der Waals surface area (Å²) in [4.78, 5) is 79.2. The van der Waals surface area contributed by atoms with Gasteiger partial charge in [0.1, 0.15) is 46.0 Å². The van der Waals surface area contributed by atoms with Gasteiger partial charge >= 0.3 is 5.97 Å². The summed E-state index contributed by atoms with van der Waals surface area (Å²) in [7, 11) is 0. The van der Waals surface area contributed by atoms with Crippen LogP contribution >= 0.6 is 15.9 Å². The number of carbonyl (C=O) groups excluding carboxylic acids is 4. The number of carboxylic acids is 1. The van der Waals surface area contributed by atoms with Crippen LogP contribution in [0.15, 0.2) is 174 Å². The molecule has 0 fully saturated rings. The van der Waals surface area contributed by atoms with Gasteiger partial charge in [-0.25, -0.2) is 14.6 Å². The number of hydrogen-bond donors (Lipinski definition) is 1. The van der Waals surface area contributed by atoms with Crippen LogP contribution in [0.5, 0.6) is 46.0 Å². The summed E-state index contributed by atoms with van der Waals surface area (Å²) < 4.78 is 30.5. The summed E-state index contributed by atoms with van der Waals surface area (Å²) >= 11 is 3.58. The molecule has 0 radical (unpaired) electrons. The number of benzene rings is 11. The number of nitrogens with zero attached hydrogens (tertiary/aromatic N) is 2. The number of anilines is 2. The first-order chi connectivity index (χ1) is 49.4. The summed E-state index contributed by atoms with van der Waals surface area (Å²) in [5.41, 5.74) is 4.35. The molecule has 2 heterocycles. The van der Waals surface area contributed by atoms with Gasteiger partial charge in [0, 0.05) is 47.6 Å². The number of ether oxygens (including phenoxy) is 4. The molecular formula is C93H97BrN2O10. The summed E-state index contributed by atoms with van der Waals surface area (Å²) in [6, 6.07) is 51.3. The Kier molecular flexibility index (Phi) is 18.5. The van der Waals surface area contributed by atoms with Crippen molar-refractivity contribution in [2.45, 2.75) is 186 Å². The predicted molar refractivity (Wildman–Crippen MR) is 432 cm³/mol. The molecule has 4 amide bonds. The van der Waals surface area contributed by atoms with Gasteiger partial charge in [0.2, 0.25) is 0 Å². The monoisotopic (exact) mass is 1480 g/mol. The molecule has 13 rings (SSSR count). The lowest BCUT2D eigenvalue weighted by molar-refractivity contribution is 0.0695. The smallest absolute Gasteiger partial charge is 0.335 e. The first-order valence-corrected chi connectivity index (χ1v) is 37.5. The van der Waals surface area contributed by atoms with Crippen LogP contribution in [0.4, 0.5) is 11.4 Å². The highest BCUT2D eigenvalue weighted by atomic mass is 79.9. The third kappa shape index (κ3) is 14.4. The van der Waals surface area contributed by atoms with E-state index in [1.807, 2.05) is 48.5 Å². The summed E-state index contributed by atoms with van der Waals surface area (Å²) in [5, 5.41) is 12.9. The van der Waals surface area contributed by atoms with Crippen LogP contribution in [0.2, 0.25) is 0 Å². The van der Waals surface area contributed by atoms with E-state index in [4.69, 9.17) is 18.9 Å². The molecule has 2 aliphatic rings. The standard InChI is InChI=1S/C93H97BrN2O10/c1-86(2,3)49-90(13,14)54-23-37-61(38-24-54)103-69-45-65-73-66(82(98)95(81(65)97)59-33-21-53(22-34-59)85(101)102)46-70(104-62-39-25-55(26-40-62)91(15,16)50-87(4,5)6)76-78-72(106-64-43-29-57(30-44-64)93(19,20)52-89(10,11)12)48-68-74-67(83(99)96(84(68)100)60-35-31-58(94)32-36-60)47-71(77(80(74)78)75(69)79(73)76)105-63-41-27-56(28-42-63)92(17,18)51-88(7,8)9/h21-48H,49-52H2,1-20H3,(H,101,102). The van der Waals surface area contributed by atoms with Gasteiger partial charge in [0.05, 0.1) is 39.2 Å². The zero-order valence-corrected chi connectivity index (χ0v) is 66.5. The van der Waals surface area contributed by atoms with Crippen molar-refractivity contribution < 1.29 is 48.0 Å². The molecule has 0 saturated heterocycles. The van der Waals surface area contributed by atoms with E-state index in [1.54, 1.807) is 48.5 Å². The van der Waals surface area contributed by atoms with Gasteiger partial charge in [-0.1, -0.05) is 203 Å². The van der Waals surface area contributed by atoms with Crippen molar-refractivity contribution in [1.82, 2.24) is 0 Å². The van der Waals surface area contributed by atoms with E-state index in [0.717, 1.165) is 57.3 Å². The summed E-state index contributed by atoms with van der Waals surface area (Å²) in [5.74, 6) is -1.39. The Hall–Kier alpha value is -9.85. The van der Waals surface area contributed by atoms with Gasteiger partial charge in [0.15, 0.2) is 0 Å². The zero-order valence-electron chi connectivity index (χ0n) is 64.9. The maximum atomic E-state index is 16.2. The number of aromatic carboxylic acids is 1. The van der Waals surface area contributed by atoms with Crippen LogP contribution in [0.25, 0.3) is 43.1 Å². The molecule has 12 nitrogen and oxygen atoms in total. The van der Waals surface area contributed by atoms with Crippen LogP contribution in [0.3, 0.4) is 0 Å². The molecule has 13 heteroatoms. The van der Waals surface area contributed by atoms with E-state index in [0.29, 0.717) is 66.4 Å². The fraction of sp³-hybridized carbons (Fsp3) is 0.344. The highest BCUT2D eigenvalue weighted by Gasteiger charge is 2.43. The number of rotatable bonds is 19. The minimum absolute atomic E-state index is 0.00673. The summed E-state index contributed by atoms with van der Waals surface area (Å²) in [6.45, 7) is 44.7.